The molecule has 152 valence electrons. The van der Waals surface area contributed by atoms with Crippen LogP contribution in [0, 0.1) is 0 Å². The number of hydrogen-bond donors (Lipinski definition) is 1. The van der Waals surface area contributed by atoms with Crippen molar-refractivity contribution in [3.05, 3.63) is 54.6 Å². The minimum atomic E-state index is -3.78. The standard InChI is InChI=1S/C21H24N4O3S/c1-2-25(15-16-9-8-14-28-16)21-20(22-18-12-6-7-13-19(18)23-21)24-29(26,27)17-10-4-3-5-11-17/h3-7,10-13,16H,2,8-9,14-15H2,1H3,(H,22,24). The van der Waals surface area contributed by atoms with Crippen molar-refractivity contribution in [3.63, 3.8) is 0 Å². The molecular formula is C21H24N4O3S. The van der Waals surface area contributed by atoms with Gasteiger partial charge in [-0.3, -0.25) is 4.72 Å². The number of likely N-dealkylation sites (N-methyl/N-ethyl adjacent to an activating group) is 1. The molecule has 8 heteroatoms. The second-order valence-electron chi connectivity index (χ2n) is 6.98. The van der Waals surface area contributed by atoms with E-state index in [1.165, 1.54) is 0 Å². The molecule has 1 saturated heterocycles. The predicted molar refractivity (Wildman–Crippen MR) is 114 cm³/mol. The number of nitrogens with one attached hydrogen (secondary N) is 1. The number of aromatic nitrogens is 2. The fourth-order valence-electron chi connectivity index (χ4n) is 3.47. The highest BCUT2D eigenvalue weighted by Gasteiger charge is 2.24. The summed E-state index contributed by atoms with van der Waals surface area (Å²) in [6.45, 7) is 4.08. The molecule has 0 saturated carbocycles. The lowest BCUT2D eigenvalue weighted by Crippen LogP contribution is -2.33. The summed E-state index contributed by atoms with van der Waals surface area (Å²) in [5.74, 6) is 0.744. The summed E-state index contributed by atoms with van der Waals surface area (Å²) in [7, 11) is -3.78. The predicted octanol–water partition coefficient (Wildman–Crippen LogP) is 3.44. The van der Waals surface area contributed by atoms with Crippen molar-refractivity contribution in [1.29, 1.82) is 0 Å². The van der Waals surface area contributed by atoms with E-state index in [2.05, 4.69) is 9.71 Å². The van der Waals surface area contributed by atoms with E-state index in [-0.39, 0.29) is 16.8 Å². The fourth-order valence-corrected chi connectivity index (χ4v) is 4.49. The van der Waals surface area contributed by atoms with Gasteiger partial charge in [-0.05, 0) is 44.0 Å². The molecule has 7 nitrogen and oxygen atoms in total. The Labute approximate surface area is 170 Å². The van der Waals surface area contributed by atoms with Crippen LogP contribution in [0.5, 0.6) is 0 Å². The Morgan fingerprint density at radius 3 is 2.41 bits per heavy atom. The molecule has 2 aromatic carbocycles. The van der Waals surface area contributed by atoms with Gasteiger partial charge >= 0.3 is 0 Å². The molecule has 0 spiro atoms. The maximum absolute atomic E-state index is 12.9. The number of rotatable bonds is 7. The lowest BCUT2D eigenvalue weighted by molar-refractivity contribution is 0.115. The van der Waals surface area contributed by atoms with E-state index >= 15 is 0 Å². The van der Waals surface area contributed by atoms with Gasteiger partial charge in [0.15, 0.2) is 11.6 Å². The second-order valence-corrected chi connectivity index (χ2v) is 8.66. The van der Waals surface area contributed by atoms with Crippen molar-refractivity contribution in [2.24, 2.45) is 0 Å². The molecule has 1 unspecified atom stereocenters. The van der Waals surface area contributed by atoms with Gasteiger partial charge in [-0.25, -0.2) is 18.4 Å². The van der Waals surface area contributed by atoms with E-state index < -0.39 is 10.0 Å². The van der Waals surface area contributed by atoms with Crippen molar-refractivity contribution >= 4 is 32.7 Å². The lowest BCUT2D eigenvalue weighted by atomic mass is 10.2. The van der Waals surface area contributed by atoms with E-state index in [0.717, 1.165) is 25.0 Å². The van der Waals surface area contributed by atoms with Gasteiger partial charge < -0.3 is 9.64 Å². The Hall–Kier alpha value is -2.71. The van der Waals surface area contributed by atoms with Crippen LogP contribution in [0.15, 0.2) is 59.5 Å². The molecule has 0 amide bonds. The smallest absolute Gasteiger partial charge is 0.263 e. The summed E-state index contributed by atoms with van der Waals surface area (Å²) < 4.78 is 34.3. The molecular weight excluding hydrogens is 388 g/mol. The zero-order valence-corrected chi connectivity index (χ0v) is 17.1. The van der Waals surface area contributed by atoms with E-state index in [9.17, 15) is 8.42 Å². The first kappa shape index (κ1) is 19.6. The quantitative estimate of drug-likeness (QED) is 0.640. The van der Waals surface area contributed by atoms with E-state index in [1.807, 2.05) is 36.1 Å². The van der Waals surface area contributed by atoms with Crippen LogP contribution >= 0.6 is 0 Å². The molecule has 2 heterocycles. The third-order valence-electron chi connectivity index (χ3n) is 4.97. The number of nitrogens with zero attached hydrogens (tertiary/aromatic N) is 3. The van der Waals surface area contributed by atoms with E-state index in [4.69, 9.17) is 9.72 Å². The topological polar surface area (TPSA) is 84.4 Å². The summed E-state index contributed by atoms with van der Waals surface area (Å²) in [6, 6.07) is 15.7. The maximum Gasteiger partial charge on any atom is 0.263 e. The monoisotopic (exact) mass is 412 g/mol. The highest BCUT2D eigenvalue weighted by molar-refractivity contribution is 7.92. The molecule has 1 fully saturated rings. The normalized spacial score (nSPS) is 16.8. The van der Waals surface area contributed by atoms with Crippen LogP contribution < -0.4 is 9.62 Å². The number of ether oxygens (including phenoxy) is 1. The third kappa shape index (κ3) is 4.33. The van der Waals surface area contributed by atoms with Crippen molar-refractivity contribution in [2.75, 3.05) is 29.3 Å². The summed E-state index contributed by atoms with van der Waals surface area (Å²) in [5, 5.41) is 0. The highest BCUT2D eigenvalue weighted by atomic mass is 32.2. The largest absolute Gasteiger partial charge is 0.376 e. The van der Waals surface area contributed by atoms with Gasteiger partial charge in [0.25, 0.3) is 10.0 Å². The van der Waals surface area contributed by atoms with Gasteiger partial charge in [-0.1, -0.05) is 30.3 Å². The zero-order chi connectivity index (χ0) is 20.3. The summed E-state index contributed by atoms with van der Waals surface area (Å²) in [5.41, 5.74) is 1.35. The van der Waals surface area contributed by atoms with Gasteiger partial charge in [0, 0.05) is 19.7 Å². The van der Waals surface area contributed by atoms with Gasteiger partial charge in [-0.15, -0.1) is 0 Å². The lowest BCUT2D eigenvalue weighted by Gasteiger charge is -2.27. The zero-order valence-electron chi connectivity index (χ0n) is 16.3. The molecule has 3 aromatic rings. The Morgan fingerprint density at radius 2 is 1.76 bits per heavy atom. The van der Waals surface area contributed by atoms with Gasteiger partial charge in [0.05, 0.1) is 22.0 Å². The number of hydrogen-bond acceptors (Lipinski definition) is 6. The Bertz CT molecular complexity index is 1080. The van der Waals surface area contributed by atoms with Gasteiger partial charge in [0.2, 0.25) is 0 Å². The summed E-state index contributed by atoms with van der Waals surface area (Å²) in [4.78, 5) is 11.6. The molecule has 0 bridgehead atoms. The first-order chi connectivity index (χ1) is 14.1. The number of benzene rings is 2. The minimum Gasteiger partial charge on any atom is -0.376 e. The van der Waals surface area contributed by atoms with E-state index in [0.29, 0.717) is 24.4 Å². The molecule has 0 aliphatic carbocycles. The van der Waals surface area contributed by atoms with Gasteiger partial charge in [0.1, 0.15) is 0 Å². The third-order valence-corrected chi connectivity index (χ3v) is 6.32. The molecule has 1 aliphatic heterocycles. The average molecular weight is 413 g/mol. The number of para-hydroxylation sites is 2. The molecule has 1 aromatic heterocycles. The Kier molecular flexibility index (Phi) is 5.64. The van der Waals surface area contributed by atoms with Crippen LogP contribution in [0.2, 0.25) is 0 Å². The average Bonchev–Trinajstić information content (AvgIpc) is 3.25. The number of sulfonamides is 1. The minimum absolute atomic E-state index is 0.113. The van der Waals surface area contributed by atoms with E-state index in [1.54, 1.807) is 30.3 Å². The highest BCUT2D eigenvalue weighted by Crippen LogP contribution is 2.28. The first-order valence-electron chi connectivity index (χ1n) is 9.78. The summed E-state index contributed by atoms with van der Waals surface area (Å²) >= 11 is 0. The first-order valence-corrected chi connectivity index (χ1v) is 11.3. The van der Waals surface area contributed by atoms with Crippen molar-refractivity contribution < 1.29 is 13.2 Å². The van der Waals surface area contributed by atoms with Crippen molar-refractivity contribution in [2.45, 2.75) is 30.8 Å². The number of anilines is 2. The van der Waals surface area contributed by atoms with Crippen LogP contribution in [0.1, 0.15) is 19.8 Å². The fraction of sp³-hybridized carbons (Fsp3) is 0.333. The molecule has 1 aliphatic rings. The molecule has 0 radical (unpaired) electrons. The molecule has 1 N–H and O–H groups in total. The molecule has 4 rings (SSSR count). The second kappa shape index (κ2) is 8.34. The SMILES string of the molecule is CCN(CC1CCCO1)c1nc2ccccc2nc1NS(=O)(=O)c1ccccc1. The van der Waals surface area contributed by atoms with Gasteiger partial charge in [-0.2, -0.15) is 0 Å². The summed E-state index contributed by atoms with van der Waals surface area (Å²) in [6.07, 6.45) is 2.14. The van der Waals surface area contributed by atoms with Crippen LogP contribution in [0.25, 0.3) is 11.0 Å². The van der Waals surface area contributed by atoms with Crippen LogP contribution in [-0.2, 0) is 14.8 Å². The molecule has 29 heavy (non-hydrogen) atoms. The van der Waals surface area contributed by atoms with Crippen molar-refractivity contribution in [3.8, 4) is 0 Å². The van der Waals surface area contributed by atoms with Crippen molar-refractivity contribution in [1.82, 2.24) is 9.97 Å². The number of fused-ring (bicyclic) bond motifs is 1. The maximum atomic E-state index is 12.9. The van der Waals surface area contributed by atoms with Crippen LogP contribution in [0.4, 0.5) is 11.6 Å². The Balaban J connectivity index is 1.75. The molecule has 1 atom stereocenters. The Morgan fingerprint density at radius 1 is 1.07 bits per heavy atom. The van der Waals surface area contributed by atoms with Crippen LogP contribution in [0.3, 0.4) is 0 Å². The van der Waals surface area contributed by atoms with Crippen LogP contribution in [-0.4, -0.2) is 44.2 Å².